The van der Waals surface area contributed by atoms with Crippen molar-refractivity contribution in [1.29, 1.82) is 0 Å². The van der Waals surface area contributed by atoms with Gasteiger partial charge in [-0.15, -0.1) is 0 Å². The molecule has 0 atom stereocenters. The summed E-state index contributed by atoms with van der Waals surface area (Å²) >= 11 is 12.2. The van der Waals surface area contributed by atoms with Gasteiger partial charge >= 0.3 is 11.7 Å². The van der Waals surface area contributed by atoms with Crippen LogP contribution in [0.5, 0.6) is 11.8 Å². The Hall–Kier alpha value is -3.81. The fraction of sp³-hybridized carbons (Fsp3) is 0.148. The Morgan fingerprint density at radius 3 is 2.25 bits per heavy atom. The van der Waals surface area contributed by atoms with E-state index >= 15 is 0 Å². The second kappa shape index (κ2) is 9.68. The molecular formula is C27H22Cl2N4O3. The lowest BCUT2D eigenvalue weighted by molar-refractivity contribution is 0.423. The highest BCUT2D eigenvalue weighted by Gasteiger charge is 2.20. The molecule has 182 valence electrons. The van der Waals surface area contributed by atoms with Crippen molar-refractivity contribution < 1.29 is 4.74 Å². The molecule has 0 saturated heterocycles. The van der Waals surface area contributed by atoms with Crippen molar-refractivity contribution >= 4 is 34.4 Å². The minimum Gasteiger partial charge on any atom is -0.425 e. The van der Waals surface area contributed by atoms with Crippen LogP contribution in [0.15, 0.2) is 82.4 Å². The Balaban J connectivity index is 1.56. The first-order chi connectivity index (χ1) is 17.3. The maximum atomic E-state index is 13.4. The van der Waals surface area contributed by atoms with Crippen LogP contribution in [0.1, 0.15) is 16.7 Å². The summed E-state index contributed by atoms with van der Waals surface area (Å²) in [6.45, 7) is 0.110. The van der Waals surface area contributed by atoms with Crippen LogP contribution in [0, 0.1) is 0 Å². The van der Waals surface area contributed by atoms with E-state index in [1.54, 1.807) is 55.1 Å². The third-order valence-electron chi connectivity index (χ3n) is 6.03. The van der Waals surface area contributed by atoms with Gasteiger partial charge in [0.05, 0.1) is 6.54 Å². The topological polar surface area (TPSA) is 71.1 Å². The monoisotopic (exact) mass is 520 g/mol. The molecule has 3 aromatic carbocycles. The number of halogens is 2. The Bertz CT molecular complexity index is 1690. The van der Waals surface area contributed by atoms with E-state index in [9.17, 15) is 9.59 Å². The number of fused-ring (bicyclic) bond motifs is 1. The van der Waals surface area contributed by atoms with Gasteiger partial charge in [0.25, 0.3) is 5.56 Å². The summed E-state index contributed by atoms with van der Waals surface area (Å²) in [4.78, 5) is 30.9. The molecule has 2 heterocycles. The number of ether oxygens (including phenoxy) is 1. The molecule has 2 aromatic heterocycles. The molecule has 0 unspecified atom stereocenters. The van der Waals surface area contributed by atoms with Crippen LogP contribution < -0.4 is 16.0 Å². The molecule has 0 fully saturated rings. The van der Waals surface area contributed by atoms with Crippen LogP contribution in [0.4, 0.5) is 0 Å². The van der Waals surface area contributed by atoms with Crippen LogP contribution in [0.3, 0.4) is 0 Å². The first kappa shape index (κ1) is 23.9. The standard InChI is InChI=1S/C27H22Cl2N4O3/c1-31-23-24(32(2)27(35)33(25(23)34)16-18-8-10-20(28)11-9-18)30-26(31)36-22-13-12-21(29)15-19(22)14-17-6-4-3-5-7-17/h3-13,15H,14,16H2,1-2H3. The molecule has 7 nitrogen and oxygen atoms in total. The quantitative estimate of drug-likeness (QED) is 0.309. The van der Waals surface area contributed by atoms with E-state index in [0.29, 0.717) is 22.2 Å². The SMILES string of the molecule is Cn1c(Oc2ccc(Cl)cc2Cc2ccccc2)nc2c1c(=O)n(Cc1ccc(Cl)cc1)c(=O)n2C. The molecule has 0 bridgehead atoms. The fourth-order valence-corrected chi connectivity index (χ4v) is 4.45. The van der Waals surface area contributed by atoms with E-state index in [1.165, 1.54) is 9.13 Å². The van der Waals surface area contributed by atoms with Gasteiger partial charge in [-0.1, -0.05) is 65.7 Å². The summed E-state index contributed by atoms with van der Waals surface area (Å²) in [5.74, 6) is 0.563. The molecule has 5 aromatic rings. The molecular weight excluding hydrogens is 499 g/mol. The summed E-state index contributed by atoms with van der Waals surface area (Å²) in [6, 6.07) is 22.5. The van der Waals surface area contributed by atoms with Gasteiger partial charge in [0.1, 0.15) is 5.75 Å². The van der Waals surface area contributed by atoms with Crippen LogP contribution in [0.25, 0.3) is 11.2 Å². The lowest BCUT2D eigenvalue weighted by Crippen LogP contribution is -2.39. The van der Waals surface area contributed by atoms with E-state index < -0.39 is 11.2 Å². The first-order valence-corrected chi connectivity index (χ1v) is 12.0. The molecule has 5 rings (SSSR count). The van der Waals surface area contributed by atoms with E-state index in [1.807, 2.05) is 36.4 Å². The molecule has 0 amide bonds. The van der Waals surface area contributed by atoms with Gasteiger partial charge < -0.3 is 4.74 Å². The van der Waals surface area contributed by atoms with E-state index in [4.69, 9.17) is 27.9 Å². The zero-order valence-electron chi connectivity index (χ0n) is 19.6. The number of aryl methyl sites for hydroxylation is 2. The molecule has 0 aliphatic heterocycles. The minimum atomic E-state index is -0.469. The molecule has 0 radical (unpaired) electrons. The highest BCUT2D eigenvalue weighted by Crippen LogP contribution is 2.30. The summed E-state index contributed by atoms with van der Waals surface area (Å²) < 4.78 is 10.3. The summed E-state index contributed by atoms with van der Waals surface area (Å²) in [7, 11) is 3.28. The summed E-state index contributed by atoms with van der Waals surface area (Å²) in [5, 5.41) is 1.17. The van der Waals surface area contributed by atoms with E-state index in [0.717, 1.165) is 16.7 Å². The number of nitrogens with zero attached hydrogens (tertiary/aromatic N) is 4. The third-order valence-corrected chi connectivity index (χ3v) is 6.52. The van der Waals surface area contributed by atoms with Crippen molar-refractivity contribution in [1.82, 2.24) is 18.7 Å². The average molecular weight is 521 g/mol. The van der Waals surface area contributed by atoms with Gasteiger partial charge in [0, 0.05) is 36.1 Å². The van der Waals surface area contributed by atoms with Crippen molar-refractivity contribution in [3.8, 4) is 11.8 Å². The van der Waals surface area contributed by atoms with Crippen LogP contribution in [-0.2, 0) is 27.1 Å². The van der Waals surface area contributed by atoms with Crippen molar-refractivity contribution in [3.63, 3.8) is 0 Å². The van der Waals surface area contributed by atoms with Crippen molar-refractivity contribution in [2.24, 2.45) is 14.1 Å². The zero-order valence-corrected chi connectivity index (χ0v) is 21.1. The van der Waals surface area contributed by atoms with Gasteiger partial charge in [-0.3, -0.25) is 18.5 Å². The normalized spacial score (nSPS) is 11.2. The number of imidazole rings is 1. The third kappa shape index (κ3) is 4.55. The largest absolute Gasteiger partial charge is 0.425 e. The highest BCUT2D eigenvalue weighted by atomic mass is 35.5. The number of benzene rings is 3. The fourth-order valence-electron chi connectivity index (χ4n) is 4.13. The van der Waals surface area contributed by atoms with Crippen LogP contribution in [-0.4, -0.2) is 18.7 Å². The minimum absolute atomic E-state index is 0.110. The van der Waals surface area contributed by atoms with Crippen molar-refractivity contribution in [2.75, 3.05) is 0 Å². The maximum Gasteiger partial charge on any atom is 0.332 e. The summed E-state index contributed by atoms with van der Waals surface area (Å²) in [5.41, 5.74) is 2.34. The lowest BCUT2D eigenvalue weighted by atomic mass is 10.0. The second-order valence-electron chi connectivity index (χ2n) is 8.50. The predicted molar refractivity (Wildman–Crippen MR) is 142 cm³/mol. The smallest absolute Gasteiger partial charge is 0.332 e. The lowest BCUT2D eigenvalue weighted by Gasteiger charge is -2.11. The van der Waals surface area contributed by atoms with Crippen LogP contribution in [0.2, 0.25) is 10.0 Å². The van der Waals surface area contributed by atoms with Crippen molar-refractivity contribution in [2.45, 2.75) is 13.0 Å². The predicted octanol–water partition coefficient (Wildman–Crippen LogP) is 5.17. The maximum absolute atomic E-state index is 13.4. The molecule has 0 saturated carbocycles. The Morgan fingerprint density at radius 1 is 0.833 bits per heavy atom. The molecule has 0 N–H and O–H groups in total. The van der Waals surface area contributed by atoms with Gasteiger partial charge in [0.15, 0.2) is 11.2 Å². The Morgan fingerprint density at radius 2 is 1.53 bits per heavy atom. The number of rotatable bonds is 6. The van der Waals surface area contributed by atoms with Gasteiger partial charge in [-0.25, -0.2) is 4.79 Å². The number of hydrogen-bond donors (Lipinski definition) is 0. The second-order valence-corrected chi connectivity index (χ2v) is 9.37. The molecule has 9 heteroatoms. The van der Waals surface area contributed by atoms with E-state index in [-0.39, 0.29) is 23.7 Å². The van der Waals surface area contributed by atoms with E-state index in [2.05, 4.69) is 4.98 Å². The Labute approximate surface area is 216 Å². The molecule has 0 aliphatic rings. The summed E-state index contributed by atoms with van der Waals surface area (Å²) in [6.07, 6.45) is 0.604. The van der Waals surface area contributed by atoms with Gasteiger partial charge in [0.2, 0.25) is 0 Å². The number of aromatic nitrogens is 4. The van der Waals surface area contributed by atoms with Gasteiger partial charge in [-0.2, -0.15) is 4.98 Å². The molecule has 0 spiro atoms. The molecule has 0 aliphatic carbocycles. The Kier molecular flexibility index (Phi) is 6.43. The zero-order chi connectivity index (χ0) is 25.4. The highest BCUT2D eigenvalue weighted by molar-refractivity contribution is 6.30. The van der Waals surface area contributed by atoms with Crippen molar-refractivity contribution in [3.05, 3.63) is 120 Å². The average Bonchev–Trinajstić information content (AvgIpc) is 3.20. The van der Waals surface area contributed by atoms with Gasteiger partial charge in [-0.05, 0) is 41.5 Å². The first-order valence-electron chi connectivity index (χ1n) is 11.2. The van der Waals surface area contributed by atoms with Crippen LogP contribution >= 0.6 is 23.2 Å². The number of hydrogen-bond acceptors (Lipinski definition) is 4. The molecule has 36 heavy (non-hydrogen) atoms.